The number of nitrogens with zero attached hydrogens (tertiary/aromatic N) is 4. The summed E-state index contributed by atoms with van der Waals surface area (Å²) in [6, 6.07) is 9.59. The molecule has 23 heavy (non-hydrogen) atoms. The lowest BCUT2D eigenvalue weighted by Gasteiger charge is -2.14. The van der Waals surface area contributed by atoms with E-state index in [1.807, 2.05) is 24.3 Å². The number of nitrogens with one attached hydrogen (secondary N) is 1. The molecule has 4 aromatic rings. The highest BCUT2D eigenvalue weighted by Gasteiger charge is 2.17. The Morgan fingerprint density at radius 3 is 3.04 bits per heavy atom. The van der Waals surface area contributed by atoms with Crippen molar-refractivity contribution in [1.82, 2.24) is 14.6 Å². The van der Waals surface area contributed by atoms with Gasteiger partial charge in [0, 0.05) is 11.3 Å². The largest absolute Gasteiger partial charge is 0.506 e. The number of fused-ring (bicyclic) bond motifs is 2. The van der Waals surface area contributed by atoms with Crippen molar-refractivity contribution in [2.75, 3.05) is 5.32 Å². The fourth-order valence-corrected chi connectivity index (χ4v) is 3.29. The smallest absolute Gasteiger partial charge is 0.142 e. The summed E-state index contributed by atoms with van der Waals surface area (Å²) in [5.41, 5.74) is 4.98. The van der Waals surface area contributed by atoms with Crippen molar-refractivity contribution in [3.63, 3.8) is 0 Å². The molecule has 0 aliphatic heterocycles. The molecule has 0 unspecified atom stereocenters. The Morgan fingerprint density at radius 2 is 2.22 bits per heavy atom. The number of aromatic nitrogens is 3. The standard InChI is InChI=1S/C16H11N5OS/c1-9-15(22)11(7-17)13-4-5-19-21(13)16(9)20-10-2-3-12-14(6-10)23-8-18-12/h2-6,8,20,22H,1H3. The van der Waals surface area contributed by atoms with Crippen LogP contribution in [0.5, 0.6) is 5.75 Å². The third-order valence-corrected chi connectivity index (χ3v) is 4.56. The van der Waals surface area contributed by atoms with Crippen molar-refractivity contribution in [2.24, 2.45) is 0 Å². The van der Waals surface area contributed by atoms with Gasteiger partial charge in [-0.3, -0.25) is 0 Å². The second kappa shape index (κ2) is 4.97. The zero-order chi connectivity index (χ0) is 16.0. The first-order chi connectivity index (χ1) is 11.2. The van der Waals surface area contributed by atoms with Crippen molar-refractivity contribution in [2.45, 2.75) is 6.92 Å². The minimum Gasteiger partial charge on any atom is -0.506 e. The number of anilines is 2. The van der Waals surface area contributed by atoms with Crippen LogP contribution in [0.1, 0.15) is 11.1 Å². The molecule has 0 spiro atoms. The van der Waals surface area contributed by atoms with Gasteiger partial charge in [-0.15, -0.1) is 11.3 Å². The molecule has 112 valence electrons. The fraction of sp³-hybridized carbons (Fsp3) is 0.0625. The molecular formula is C16H11N5OS. The van der Waals surface area contributed by atoms with E-state index >= 15 is 0 Å². The van der Waals surface area contributed by atoms with E-state index in [1.165, 1.54) is 0 Å². The quantitative estimate of drug-likeness (QED) is 0.589. The first-order valence-electron chi connectivity index (χ1n) is 6.88. The Hall–Kier alpha value is -3.11. The molecular weight excluding hydrogens is 310 g/mol. The van der Waals surface area contributed by atoms with E-state index in [0.29, 0.717) is 16.9 Å². The lowest BCUT2D eigenvalue weighted by atomic mass is 10.1. The molecule has 3 aromatic heterocycles. The van der Waals surface area contributed by atoms with Crippen LogP contribution >= 0.6 is 11.3 Å². The van der Waals surface area contributed by atoms with Gasteiger partial charge in [-0.1, -0.05) is 0 Å². The maximum atomic E-state index is 10.3. The lowest BCUT2D eigenvalue weighted by Crippen LogP contribution is -2.04. The topological polar surface area (TPSA) is 86.2 Å². The number of hydrogen-bond acceptors (Lipinski definition) is 6. The van der Waals surface area contributed by atoms with E-state index in [-0.39, 0.29) is 11.3 Å². The number of rotatable bonds is 2. The highest BCUT2D eigenvalue weighted by Crippen LogP contribution is 2.34. The third kappa shape index (κ3) is 2.00. The summed E-state index contributed by atoms with van der Waals surface area (Å²) in [7, 11) is 0. The number of benzene rings is 1. The molecule has 0 aliphatic carbocycles. The Balaban J connectivity index is 1.90. The molecule has 0 fully saturated rings. The predicted molar refractivity (Wildman–Crippen MR) is 89.2 cm³/mol. The molecule has 0 radical (unpaired) electrons. The zero-order valence-electron chi connectivity index (χ0n) is 12.1. The second-order valence-electron chi connectivity index (χ2n) is 5.10. The van der Waals surface area contributed by atoms with Gasteiger partial charge in [0.15, 0.2) is 0 Å². The molecule has 7 heteroatoms. The molecule has 0 saturated heterocycles. The van der Waals surface area contributed by atoms with Crippen LogP contribution in [-0.4, -0.2) is 19.7 Å². The first kappa shape index (κ1) is 13.5. The van der Waals surface area contributed by atoms with Crippen LogP contribution < -0.4 is 5.32 Å². The number of thiazole rings is 1. The highest BCUT2D eigenvalue weighted by molar-refractivity contribution is 7.16. The zero-order valence-corrected chi connectivity index (χ0v) is 12.9. The molecule has 1 aromatic carbocycles. The van der Waals surface area contributed by atoms with Crippen LogP contribution in [0.25, 0.3) is 15.7 Å². The van der Waals surface area contributed by atoms with E-state index in [2.05, 4.69) is 15.4 Å². The normalized spacial score (nSPS) is 11.0. The first-order valence-corrected chi connectivity index (χ1v) is 7.76. The average molecular weight is 321 g/mol. The van der Waals surface area contributed by atoms with Gasteiger partial charge in [0.25, 0.3) is 0 Å². The van der Waals surface area contributed by atoms with Crippen molar-refractivity contribution >= 4 is 38.6 Å². The summed E-state index contributed by atoms with van der Waals surface area (Å²) in [5, 5.41) is 27.1. The van der Waals surface area contributed by atoms with E-state index in [0.717, 1.165) is 15.9 Å². The van der Waals surface area contributed by atoms with E-state index in [9.17, 15) is 10.4 Å². The molecule has 6 nitrogen and oxygen atoms in total. The minimum atomic E-state index is -0.0260. The van der Waals surface area contributed by atoms with Gasteiger partial charge in [0.05, 0.1) is 27.4 Å². The molecule has 4 rings (SSSR count). The summed E-state index contributed by atoms with van der Waals surface area (Å²) in [6.07, 6.45) is 1.60. The number of pyridine rings is 1. The molecule has 3 heterocycles. The SMILES string of the molecule is Cc1c(O)c(C#N)c2ccnn2c1Nc1ccc2ncsc2c1. The molecule has 0 aliphatic rings. The maximum Gasteiger partial charge on any atom is 0.142 e. The Morgan fingerprint density at radius 1 is 1.35 bits per heavy atom. The van der Waals surface area contributed by atoms with Crippen LogP contribution in [0.2, 0.25) is 0 Å². The van der Waals surface area contributed by atoms with E-state index < -0.39 is 0 Å². The fourth-order valence-electron chi connectivity index (χ4n) is 2.58. The summed E-state index contributed by atoms with van der Waals surface area (Å²) >= 11 is 1.56. The monoisotopic (exact) mass is 321 g/mol. The Labute approximate surface area is 135 Å². The minimum absolute atomic E-state index is 0.0260. The third-order valence-electron chi connectivity index (χ3n) is 3.76. The van der Waals surface area contributed by atoms with Gasteiger partial charge in [-0.2, -0.15) is 10.4 Å². The number of aromatic hydroxyl groups is 1. The van der Waals surface area contributed by atoms with Gasteiger partial charge < -0.3 is 10.4 Å². The molecule has 0 atom stereocenters. The van der Waals surface area contributed by atoms with Crippen LogP contribution in [0.15, 0.2) is 36.0 Å². The van der Waals surface area contributed by atoms with Crippen LogP contribution in [0.3, 0.4) is 0 Å². The molecule has 0 amide bonds. The van der Waals surface area contributed by atoms with Crippen molar-refractivity contribution in [1.29, 1.82) is 5.26 Å². The average Bonchev–Trinajstić information content (AvgIpc) is 3.20. The van der Waals surface area contributed by atoms with Crippen LogP contribution in [0.4, 0.5) is 11.5 Å². The van der Waals surface area contributed by atoms with Crippen molar-refractivity contribution < 1.29 is 5.11 Å². The van der Waals surface area contributed by atoms with E-state index in [4.69, 9.17) is 0 Å². The molecule has 2 N–H and O–H groups in total. The predicted octanol–water partition coefficient (Wildman–Crippen LogP) is 3.57. The summed E-state index contributed by atoms with van der Waals surface area (Å²) < 4.78 is 2.70. The van der Waals surface area contributed by atoms with Gasteiger partial charge in [-0.05, 0) is 31.2 Å². The lowest BCUT2D eigenvalue weighted by molar-refractivity contribution is 0.469. The summed E-state index contributed by atoms with van der Waals surface area (Å²) in [5.74, 6) is 0.604. The Bertz CT molecular complexity index is 1090. The number of nitriles is 1. The summed E-state index contributed by atoms with van der Waals surface area (Å²) in [4.78, 5) is 4.26. The second-order valence-corrected chi connectivity index (χ2v) is 5.98. The van der Waals surface area contributed by atoms with Crippen LogP contribution in [-0.2, 0) is 0 Å². The molecule has 0 saturated carbocycles. The Kier molecular flexibility index (Phi) is 2.93. The number of hydrogen-bond donors (Lipinski definition) is 2. The van der Waals surface area contributed by atoms with Crippen LogP contribution in [0, 0.1) is 18.3 Å². The highest BCUT2D eigenvalue weighted by atomic mass is 32.1. The maximum absolute atomic E-state index is 10.3. The summed E-state index contributed by atoms with van der Waals surface area (Å²) in [6.45, 7) is 1.75. The van der Waals surface area contributed by atoms with Gasteiger partial charge in [-0.25, -0.2) is 9.50 Å². The van der Waals surface area contributed by atoms with Gasteiger partial charge in [0.2, 0.25) is 0 Å². The van der Waals surface area contributed by atoms with Crippen molar-refractivity contribution in [3.05, 3.63) is 47.1 Å². The van der Waals surface area contributed by atoms with Gasteiger partial charge >= 0.3 is 0 Å². The van der Waals surface area contributed by atoms with Crippen molar-refractivity contribution in [3.8, 4) is 11.8 Å². The molecule has 0 bridgehead atoms. The van der Waals surface area contributed by atoms with E-state index in [1.54, 1.807) is 40.5 Å². The van der Waals surface area contributed by atoms with Gasteiger partial charge in [0.1, 0.15) is 23.2 Å².